The number of imidazole rings is 4. The highest BCUT2D eigenvalue weighted by molar-refractivity contribution is 6.18. The van der Waals surface area contributed by atoms with E-state index in [1.807, 2.05) is 98.6 Å². The van der Waals surface area contributed by atoms with Crippen LogP contribution in [0.5, 0.6) is 0 Å². The summed E-state index contributed by atoms with van der Waals surface area (Å²) in [5.74, 6) is 0. The van der Waals surface area contributed by atoms with Gasteiger partial charge in [0.1, 0.15) is 22.6 Å². The van der Waals surface area contributed by atoms with Gasteiger partial charge in [0.05, 0.1) is 44.1 Å². The summed E-state index contributed by atoms with van der Waals surface area (Å²) in [5, 5.41) is 9.60. The predicted octanol–water partition coefficient (Wildman–Crippen LogP) is 24.7. The molecule has 0 N–H and O–H groups in total. The molecular formula is C112H68N12. The first-order chi connectivity index (χ1) is 61.5. The Labute approximate surface area is 709 Å². The van der Waals surface area contributed by atoms with Crippen molar-refractivity contribution in [1.29, 1.82) is 0 Å². The molecule has 0 unspecified atom stereocenters. The van der Waals surface area contributed by atoms with E-state index >= 15 is 0 Å². The normalized spacial score (nSPS) is 13.5. The maximum Gasteiger partial charge on any atom is 0.145 e. The fourth-order valence-corrected chi connectivity index (χ4v) is 23.3. The minimum Gasteiger partial charge on any atom is -0.298 e. The quantitative estimate of drug-likeness (QED) is 0.138. The van der Waals surface area contributed by atoms with Gasteiger partial charge in [0.15, 0.2) is 0 Å². The maximum atomic E-state index is 4.78. The number of rotatable bonds is 0. The maximum absolute atomic E-state index is 4.78. The third kappa shape index (κ3) is 9.24. The summed E-state index contributed by atoms with van der Waals surface area (Å²) in [5.41, 5.74) is 57.7. The number of aromatic nitrogens is 12. The van der Waals surface area contributed by atoms with E-state index in [0.29, 0.717) is 0 Å². The van der Waals surface area contributed by atoms with Gasteiger partial charge >= 0.3 is 0 Å². The zero-order chi connectivity index (χ0) is 80.4. The van der Waals surface area contributed by atoms with Crippen LogP contribution in [0.2, 0.25) is 0 Å². The molecule has 0 spiro atoms. The Morgan fingerprint density at radius 3 is 1.06 bits per heavy atom. The number of fused-ring (bicyclic) bond motifs is 52. The third-order valence-corrected chi connectivity index (χ3v) is 28.6. The van der Waals surface area contributed by atoms with E-state index in [1.54, 1.807) is 0 Å². The van der Waals surface area contributed by atoms with Gasteiger partial charge in [0.25, 0.3) is 0 Å². The van der Waals surface area contributed by atoms with E-state index in [1.165, 1.54) is 221 Å². The highest BCUT2D eigenvalue weighted by Crippen LogP contribution is 2.55. The van der Waals surface area contributed by atoms with Gasteiger partial charge in [-0.2, -0.15) is 0 Å². The van der Waals surface area contributed by atoms with E-state index in [-0.39, 0.29) is 0 Å². The van der Waals surface area contributed by atoms with Crippen molar-refractivity contribution >= 4 is 110 Å². The van der Waals surface area contributed by atoms with Crippen LogP contribution in [0.1, 0.15) is 89.0 Å². The molecule has 0 saturated heterocycles. The van der Waals surface area contributed by atoms with E-state index in [4.69, 9.17) is 34.9 Å². The van der Waals surface area contributed by atoms with Crippen molar-refractivity contribution in [1.82, 2.24) is 57.5 Å². The van der Waals surface area contributed by atoms with Crippen LogP contribution in [0.15, 0.2) is 317 Å². The molecule has 8 aliphatic rings. The minimum atomic E-state index is 0.943. The monoisotopic (exact) mass is 1580 g/mol. The second-order valence-electron chi connectivity index (χ2n) is 34.7. The lowest BCUT2D eigenvalue weighted by Gasteiger charge is -2.13. The largest absolute Gasteiger partial charge is 0.298 e. The third-order valence-electron chi connectivity index (χ3n) is 28.6. The first-order valence-corrected chi connectivity index (χ1v) is 43.1. The molecule has 0 amide bonds. The van der Waals surface area contributed by atoms with Crippen LogP contribution in [0.3, 0.4) is 0 Å². The molecule has 0 fully saturated rings. The van der Waals surface area contributed by atoms with Crippen molar-refractivity contribution in [3.05, 3.63) is 406 Å². The average Bonchev–Trinajstić information content (AvgIpc) is 1.58. The topological polar surface area (TPSA) is 121 Å². The Hall–Kier alpha value is -15.9. The lowest BCUT2D eigenvalue weighted by Crippen LogP contribution is -1.95. The molecule has 32 rings (SSSR count). The summed E-state index contributed by atoms with van der Waals surface area (Å²) in [6.07, 6.45) is 31.2. The summed E-state index contributed by atoms with van der Waals surface area (Å²) >= 11 is 0. The number of hydrogen-bond donors (Lipinski definition) is 0. The molecule has 0 atom stereocenters. The van der Waals surface area contributed by atoms with Crippen LogP contribution in [-0.4, -0.2) is 57.5 Å². The molecule has 0 aliphatic heterocycles. The van der Waals surface area contributed by atoms with Crippen LogP contribution in [0, 0.1) is 0 Å². The fraction of sp³-hybridized carbons (Fsp3) is 0.0714. The first kappa shape index (κ1) is 66.9. The highest BCUT2D eigenvalue weighted by Gasteiger charge is 2.35. The predicted molar refractivity (Wildman–Crippen MR) is 498 cm³/mol. The summed E-state index contributed by atoms with van der Waals surface area (Å²) in [7, 11) is 0. The van der Waals surface area contributed by atoms with Crippen LogP contribution in [-0.2, 0) is 51.4 Å². The van der Waals surface area contributed by atoms with Gasteiger partial charge in [-0.1, -0.05) is 152 Å². The van der Waals surface area contributed by atoms with E-state index in [0.717, 1.165) is 118 Å². The van der Waals surface area contributed by atoms with E-state index in [2.05, 4.69) is 241 Å². The molecular weight excluding hydrogens is 1510 g/mol. The van der Waals surface area contributed by atoms with Crippen molar-refractivity contribution in [2.45, 2.75) is 51.4 Å². The Morgan fingerprint density at radius 1 is 0.177 bits per heavy atom. The molecule has 12 aromatic heterocycles. The van der Waals surface area contributed by atoms with E-state index < -0.39 is 0 Å². The minimum absolute atomic E-state index is 0.943. The molecule has 24 aromatic rings. The number of hydrogen-bond acceptors (Lipinski definition) is 8. The number of benzene rings is 12. The standard InChI is InChI=1S/4C28H17N3/c1-2-5-19-16(4-1)14-17-7-8-18-15-22-20(25(18)24(17)19)9-10-21-26(22)28-30-12-13-31(28)23-6-3-11-29-27(21)23;1-2-5-19-16(4-1)12-17-13-18-14-24-20(23(18)15-22(17)19)7-8-21-26(24)28-30-10-11-31(28)25-6-3-9-29-27(21)25;1-2-5-19-16(4-1)12-17-7-8-20-21-15-23-24(14-18(21)13-22(20)26(17)19)28-30-10-11-31(28)25-6-3-9-29-27(23)25;1-2-5-20-16(4-1)10-17-13-22-18(12-21(17)20)11-19-14-25-24(15-23(19)22)27-26(6-3-7-29-27)31-9-8-30-28(25)31/h1-13H,14-15H2;1-11,13,15H,12,14H2;1-11,14-15H,12-13H2;1-9,12-15H,10-11H2. The molecule has 12 nitrogen and oxygen atoms in total. The van der Waals surface area contributed by atoms with Crippen molar-refractivity contribution in [3.63, 3.8) is 0 Å². The van der Waals surface area contributed by atoms with Crippen LogP contribution in [0.25, 0.3) is 199 Å². The summed E-state index contributed by atoms with van der Waals surface area (Å²) in [4.78, 5) is 37.9. The van der Waals surface area contributed by atoms with Gasteiger partial charge in [-0.3, -0.25) is 37.5 Å². The highest BCUT2D eigenvalue weighted by atomic mass is 15.0. The molecule has 0 bridgehead atoms. The second-order valence-corrected chi connectivity index (χ2v) is 34.7. The lowest BCUT2D eigenvalue weighted by atomic mass is 9.93. The van der Waals surface area contributed by atoms with Crippen molar-refractivity contribution in [2.24, 2.45) is 0 Å². The van der Waals surface area contributed by atoms with Gasteiger partial charge in [-0.25, -0.2) is 19.9 Å². The molecule has 0 radical (unpaired) electrons. The summed E-state index contributed by atoms with van der Waals surface area (Å²) < 4.78 is 8.69. The molecule has 12 heterocycles. The van der Waals surface area contributed by atoms with Gasteiger partial charge in [0.2, 0.25) is 0 Å². The van der Waals surface area contributed by atoms with Gasteiger partial charge in [-0.15, -0.1) is 0 Å². The van der Waals surface area contributed by atoms with Gasteiger partial charge in [-0.05, 0) is 320 Å². The Balaban J connectivity index is 0.0000000828. The average molecular weight is 1580 g/mol. The zero-order valence-corrected chi connectivity index (χ0v) is 67.0. The Morgan fingerprint density at radius 2 is 0.508 bits per heavy atom. The van der Waals surface area contributed by atoms with Crippen LogP contribution >= 0.6 is 0 Å². The Kier molecular flexibility index (Phi) is 13.4. The van der Waals surface area contributed by atoms with Crippen molar-refractivity contribution in [3.8, 4) is 89.0 Å². The Bertz CT molecular complexity index is 9040. The fourth-order valence-electron chi connectivity index (χ4n) is 23.3. The molecule has 0 saturated carbocycles. The van der Waals surface area contributed by atoms with Gasteiger partial charge < -0.3 is 0 Å². The van der Waals surface area contributed by atoms with Crippen molar-refractivity contribution in [2.75, 3.05) is 0 Å². The SMILES string of the molecule is c1ccc2c(c1)Cc1cc3c(cc1-2)-c1ccc2c4ncccc4n4ccnc4c2c1C3.c1ccc2c(c1)Cc1cc3c(cc1-2)Cc1cc2c(cc1-3)c1ncccc1n1ccnc21.c1ccc2c(c1)Cc1ccc3c(c1-2)-c1ccc2c4ncccc4n4ccnc4c2c1C3.c1ccc2c(c1)Cc1ccc3c(c1-2)Cc1cc2c(cc1-3)c1ncccc1n1ccnc21. The first-order valence-electron chi connectivity index (χ1n) is 43.1. The molecule has 124 heavy (non-hydrogen) atoms. The number of nitrogens with zero attached hydrogens (tertiary/aromatic N) is 12. The summed E-state index contributed by atoms with van der Waals surface area (Å²) in [6, 6.07) is 89.5. The molecule has 12 heteroatoms. The van der Waals surface area contributed by atoms with Crippen LogP contribution in [0.4, 0.5) is 0 Å². The molecule has 12 aromatic carbocycles. The summed E-state index contributed by atoms with van der Waals surface area (Å²) in [6.45, 7) is 0. The smallest absolute Gasteiger partial charge is 0.145 e. The lowest BCUT2D eigenvalue weighted by molar-refractivity contribution is 1.21. The van der Waals surface area contributed by atoms with Crippen molar-refractivity contribution < 1.29 is 0 Å². The van der Waals surface area contributed by atoms with Crippen LogP contribution < -0.4 is 0 Å². The second kappa shape index (κ2) is 24.9. The van der Waals surface area contributed by atoms with Gasteiger partial charge in [0, 0.05) is 117 Å². The molecule has 8 aliphatic carbocycles. The molecule has 576 valence electrons. The zero-order valence-electron chi connectivity index (χ0n) is 67.0. The number of pyridine rings is 8. The van der Waals surface area contributed by atoms with E-state index in [9.17, 15) is 0 Å².